The molecule has 0 spiro atoms. The third-order valence-electron chi connectivity index (χ3n) is 1.94. The van der Waals surface area contributed by atoms with E-state index in [-0.39, 0.29) is 11.5 Å². The Kier molecular flexibility index (Phi) is 3.80. The minimum Gasteiger partial charge on any atom is -0.507 e. The third kappa shape index (κ3) is 3.06. The van der Waals surface area contributed by atoms with Crippen LogP contribution in [0.5, 0.6) is 5.75 Å². The van der Waals surface area contributed by atoms with E-state index in [9.17, 15) is 14.7 Å². The Morgan fingerprint density at radius 3 is 2.73 bits per heavy atom. The predicted molar refractivity (Wildman–Crippen MR) is 57.8 cm³/mol. The number of benzene rings is 1. The van der Waals surface area contributed by atoms with E-state index in [4.69, 9.17) is 0 Å². The van der Waals surface area contributed by atoms with Gasteiger partial charge in [0.1, 0.15) is 12.0 Å². The summed E-state index contributed by atoms with van der Waals surface area (Å²) in [6, 6.07) is 4.79. The van der Waals surface area contributed by atoms with E-state index in [1.165, 1.54) is 13.0 Å². The topological polar surface area (TPSA) is 54.4 Å². The molecular weight excluding hydrogens is 192 g/mol. The highest BCUT2D eigenvalue weighted by molar-refractivity contribution is 5.96. The minimum absolute atomic E-state index is 0.0317. The van der Waals surface area contributed by atoms with Crippen LogP contribution < -0.4 is 0 Å². The Bertz CT molecular complexity index is 405. The summed E-state index contributed by atoms with van der Waals surface area (Å²) in [7, 11) is 0. The van der Waals surface area contributed by atoms with Crippen LogP contribution in [0, 0.1) is 0 Å². The smallest absolute Gasteiger partial charge is 0.163 e. The second kappa shape index (κ2) is 5.10. The molecule has 0 fully saturated rings. The number of carbonyl (C=O) groups is 2. The van der Waals surface area contributed by atoms with Gasteiger partial charge < -0.3 is 9.90 Å². The highest BCUT2D eigenvalue weighted by atomic mass is 16.3. The fourth-order valence-electron chi connectivity index (χ4n) is 1.21. The molecule has 0 aliphatic heterocycles. The summed E-state index contributed by atoms with van der Waals surface area (Å²) in [6.07, 6.45) is 4.54. The molecule has 3 nitrogen and oxygen atoms in total. The maximum atomic E-state index is 11.0. The number of hydrogen-bond donors (Lipinski definition) is 1. The number of allylic oxidation sites excluding steroid dienone is 1. The zero-order chi connectivity index (χ0) is 11.3. The van der Waals surface area contributed by atoms with Gasteiger partial charge in [-0.1, -0.05) is 18.2 Å². The average molecular weight is 204 g/mol. The largest absolute Gasteiger partial charge is 0.507 e. The number of phenols is 1. The third-order valence-corrected chi connectivity index (χ3v) is 1.94. The molecule has 78 valence electrons. The van der Waals surface area contributed by atoms with Gasteiger partial charge in [0.25, 0.3) is 0 Å². The van der Waals surface area contributed by atoms with Gasteiger partial charge in [-0.2, -0.15) is 0 Å². The molecule has 0 aliphatic rings. The molecule has 0 heterocycles. The molecule has 1 rings (SSSR count). The van der Waals surface area contributed by atoms with Crippen molar-refractivity contribution in [3.63, 3.8) is 0 Å². The van der Waals surface area contributed by atoms with Crippen LogP contribution in [0.2, 0.25) is 0 Å². The SMILES string of the molecule is CC(=O)c1ccc(C=CCC=O)cc1O. The van der Waals surface area contributed by atoms with Gasteiger partial charge in [0.05, 0.1) is 5.56 Å². The van der Waals surface area contributed by atoms with Crippen LogP contribution >= 0.6 is 0 Å². The Labute approximate surface area is 88.0 Å². The lowest BCUT2D eigenvalue weighted by Gasteiger charge is -2.01. The van der Waals surface area contributed by atoms with Crippen LogP contribution in [0.3, 0.4) is 0 Å². The fraction of sp³-hybridized carbons (Fsp3) is 0.167. The zero-order valence-electron chi connectivity index (χ0n) is 8.43. The van der Waals surface area contributed by atoms with E-state index < -0.39 is 0 Å². The van der Waals surface area contributed by atoms with Crippen molar-refractivity contribution in [3.8, 4) is 5.75 Å². The van der Waals surface area contributed by atoms with Crippen molar-refractivity contribution >= 4 is 18.1 Å². The molecule has 3 heteroatoms. The molecule has 0 radical (unpaired) electrons. The number of ketones is 1. The maximum Gasteiger partial charge on any atom is 0.163 e. The van der Waals surface area contributed by atoms with Crippen LogP contribution in [0.1, 0.15) is 29.3 Å². The number of carbonyl (C=O) groups excluding carboxylic acids is 2. The fourth-order valence-corrected chi connectivity index (χ4v) is 1.21. The van der Waals surface area contributed by atoms with Gasteiger partial charge in [0.15, 0.2) is 5.78 Å². The van der Waals surface area contributed by atoms with E-state index in [1.54, 1.807) is 24.3 Å². The molecule has 0 unspecified atom stereocenters. The lowest BCUT2D eigenvalue weighted by atomic mass is 10.1. The first kappa shape index (κ1) is 11.2. The summed E-state index contributed by atoms with van der Waals surface area (Å²) in [4.78, 5) is 21.1. The summed E-state index contributed by atoms with van der Waals surface area (Å²) in [6.45, 7) is 1.40. The Balaban J connectivity index is 2.91. The van der Waals surface area contributed by atoms with Gasteiger partial charge in [-0.15, -0.1) is 0 Å². The average Bonchev–Trinajstić information content (AvgIpc) is 2.17. The molecule has 1 aromatic carbocycles. The van der Waals surface area contributed by atoms with E-state index in [0.717, 1.165) is 11.8 Å². The second-order valence-corrected chi connectivity index (χ2v) is 3.14. The van der Waals surface area contributed by atoms with Gasteiger partial charge in [-0.3, -0.25) is 4.79 Å². The van der Waals surface area contributed by atoms with Crippen LogP contribution in [-0.4, -0.2) is 17.2 Å². The monoisotopic (exact) mass is 204 g/mol. The number of hydrogen-bond acceptors (Lipinski definition) is 3. The van der Waals surface area contributed by atoms with E-state index in [0.29, 0.717) is 12.0 Å². The molecule has 0 atom stereocenters. The number of aldehydes is 1. The van der Waals surface area contributed by atoms with Crippen LogP contribution in [-0.2, 0) is 4.79 Å². The van der Waals surface area contributed by atoms with Gasteiger partial charge >= 0.3 is 0 Å². The summed E-state index contributed by atoms with van der Waals surface area (Å²) < 4.78 is 0. The normalized spacial score (nSPS) is 10.5. The van der Waals surface area contributed by atoms with Crippen LogP contribution in [0.25, 0.3) is 6.08 Å². The molecule has 15 heavy (non-hydrogen) atoms. The van der Waals surface area contributed by atoms with Crippen molar-refractivity contribution in [2.45, 2.75) is 13.3 Å². The molecule has 0 amide bonds. The first-order valence-electron chi connectivity index (χ1n) is 4.59. The number of rotatable bonds is 4. The number of phenolic OH excluding ortho intramolecular Hbond substituents is 1. The Morgan fingerprint density at radius 1 is 1.47 bits per heavy atom. The highest BCUT2D eigenvalue weighted by Gasteiger charge is 2.05. The van der Waals surface area contributed by atoms with E-state index in [1.807, 2.05) is 0 Å². The quantitative estimate of drug-likeness (QED) is 0.604. The molecule has 1 N–H and O–H groups in total. The number of aromatic hydroxyl groups is 1. The molecule has 1 aromatic rings. The molecule has 0 aromatic heterocycles. The van der Waals surface area contributed by atoms with Crippen molar-refractivity contribution < 1.29 is 14.7 Å². The maximum absolute atomic E-state index is 11.0. The van der Waals surface area contributed by atoms with E-state index in [2.05, 4.69) is 0 Å². The first-order valence-corrected chi connectivity index (χ1v) is 4.59. The standard InChI is InChI=1S/C12H12O3/c1-9(14)11-6-5-10(8-12(11)15)4-2-3-7-13/h2,4-8,15H,3H2,1H3. The molecular formula is C12H12O3. The molecule has 0 bridgehead atoms. The van der Waals surface area contributed by atoms with Gasteiger partial charge in [-0.05, 0) is 24.6 Å². The van der Waals surface area contributed by atoms with E-state index >= 15 is 0 Å². The first-order chi connectivity index (χ1) is 7.15. The van der Waals surface area contributed by atoms with Gasteiger partial charge in [0.2, 0.25) is 0 Å². The van der Waals surface area contributed by atoms with Crippen molar-refractivity contribution in [1.29, 1.82) is 0 Å². The Morgan fingerprint density at radius 2 is 2.20 bits per heavy atom. The predicted octanol–water partition coefficient (Wildman–Crippen LogP) is 2.20. The van der Waals surface area contributed by atoms with Crippen molar-refractivity contribution in [1.82, 2.24) is 0 Å². The van der Waals surface area contributed by atoms with Crippen molar-refractivity contribution in [2.24, 2.45) is 0 Å². The Hall–Kier alpha value is -1.90. The summed E-state index contributed by atoms with van der Waals surface area (Å²) in [5.41, 5.74) is 1.07. The second-order valence-electron chi connectivity index (χ2n) is 3.14. The van der Waals surface area contributed by atoms with Gasteiger partial charge in [0, 0.05) is 6.42 Å². The summed E-state index contributed by atoms with van der Waals surface area (Å²) in [5.74, 6) is -0.202. The van der Waals surface area contributed by atoms with Crippen molar-refractivity contribution in [3.05, 3.63) is 35.4 Å². The highest BCUT2D eigenvalue weighted by Crippen LogP contribution is 2.20. The lowest BCUT2D eigenvalue weighted by molar-refractivity contribution is -0.107. The van der Waals surface area contributed by atoms with Crippen LogP contribution in [0.15, 0.2) is 24.3 Å². The van der Waals surface area contributed by atoms with Gasteiger partial charge in [-0.25, -0.2) is 0 Å². The molecule has 0 aliphatic carbocycles. The molecule has 0 saturated heterocycles. The minimum atomic E-state index is -0.170. The molecule has 0 saturated carbocycles. The zero-order valence-corrected chi connectivity index (χ0v) is 8.43. The summed E-state index contributed by atoms with van der Waals surface area (Å²) >= 11 is 0. The summed E-state index contributed by atoms with van der Waals surface area (Å²) in [5, 5.41) is 9.49. The van der Waals surface area contributed by atoms with Crippen molar-refractivity contribution in [2.75, 3.05) is 0 Å². The lowest BCUT2D eigenvalue weighted by Crippen LogP contribution is -1.92. The number of Topliss-reactive ketones (excluding diaryl/α,β-unsaturated/α-hetero) is 1. The van der Waals surface area contributed by atoms with Crippen LogP contribution in [0.4, 0.5) is 0 Å².